The van der Waals surface area contributed by atoms with Crippen LogP contribution >= 0.6 is 11.6 Å². The summed E-state index contributed by atoms with van der Waals surface area (Å²) >= 11 is 5.92. The summed E-state index contributed by atoms with van der Waals surface area (Å²) < 4.78 is 0. The summed E-state index contributed by atoms with van der Waals surface area (Å²) in [6.07, 6.45) is 0. The van der Waals surface area contributed by atoms with E-state index in [1.54, 1.807) is 26.1 Å². The maximum atomic E-state index is 12.5. The molecule has 0 atom stereocenters. The molecule has 0 aliphatic heterocycles. The van der Waals surface area contributed by atoms with Gasteiger partial charge in [0.2, 0.25) is 0 Å². The van der Waals surface area contributed by atoms with Crippen molar-refractivity contribution in [1.29, 1.82) is 0 Å². The summed E-state index contributed by atoms with van der Waals surface area (Å²) in [4.78, 5) is 26.6. The second kappa shape index (κ2) is 6.80. The molecule has 0 radical (unpaired) electrons. The minimum Gasteiger partial charge on any atom is -0.480 e. The van der Waals surface area contributed by atoms with Gasteiger partial charge in [0.25, 0.3) is 0 Å². The number of likely N-dealkylation sites (N-methyl/N-ethyl adjacent to an activating group) is 1. The number of hydrogen-bond acceptors (Lipinski definition) is 2. The number of halogens is 1. The molecule has 0 aliphatic rings. The topological polar surface area (TPSA) is 60.9 Å². The van der Waals surface area contributed by atoms with Gasteiger partial charge >= 0.3 is 12.0 Å². The van der Waals surface area contributed by atoms with Gasteiger partial charge in [-0.3, -0.25) is 0 Å². The number of aliphatic carboxylic acids is 1. The lowest BCUT2D eigenvalue weighted by Gasteiger charge is -2.37. The number of carboxylic acids is 1. The number of urea groups is 1. The number of carboxylic acid groups (broad SMARTS) is 1. The van der Waals surface area contributed by atoms with Crippen LogP contribution in [0.25, 0.3) is 0 Å². The average Bonchev–Trinajstić information content (AvgIpc) is 2.38. The summed E-state index contributed by atoms with van der Waals surface area (Å²) in [5.41, 5.74) is -0.364. The van der Waals surface area contributed by atoms with E-state index >= 15 is 0 Å². The Labute approximate surface area is 130 Å². The van der Waals surface area contributed by atoms with E-state index in [2.05, 4.69) is 0 Å². The Morgan fingerprint density at radius 2 is 1.95 bits per heavy atom. The van der Waals surface area contributed by atoms with Crippen LogP contribution in [-0.4, -0.2) is 46.0 Å². The predicted molar refractivity (Wildman–Crippen MR) is 82.4 cm³/mol. The first kappa shape index (κ1) is 17.3. The second-order valence-corrected chi connectivity index (χ2v) is 5.81. The number of amides is 2. The normalized spacial score (nSPS) is 11.1. The van der Waals surface area contributed by atoms with E-state index in [4.69, 9.17) is 11.6 Å². The zero-order valence-electron chi connectivity index (χ0n) is 12.8. The van der Waals surface area contributed by atoms with Crippen molar-refractivity contribution in [3.63, 3.8) is 0 Å². The van der Waals surface area contributed by atoms with Gasteiger partial charge in [-0.15, -0.1) is 0 Å². The minimum absolute atomic E-state index is 0.317. The lowest BCUT2D eigenvalue weighted by atomic mass is 10.0. The summed E-state index contributed by atoms with van der Waals surface area (Å²) in [5.74, 6) is -1.03. The maximum absolute atomic E-state index is 12.5. The number of carbonyl (C=O) groups excluding carboxylic acids is 1. The van der Waals surface area contributed by atoms with Gasteiger partial charge in [0.1, 0.15) is 5.54 Å². The van der Waals surface area contributed by atoms with Gasteiger partial charge in [-0.1, -0.05) is 23.7 Å². The Bertz CT molecular complexity index is 531. The first-order valence-electron chi connectivity index (χ1n) is 6.70. The standard InChI is InChI=1S/C15H21ClN2O3/c1-5-18(15(2,3)13(19)20)14(21)17(4)10-11-7-6-8-12(16)9-11/h6-9H,5,10H2,1-4H3,(H,19,20). The highest BCUT2D eigenvalue weighted by molar-refractivity contribution is 6.30. The van der Waals surface area contributed by atoms with Crippen molar-refractivity contribution in [2.24, 2.45) is 0 Å². The van der Waals surface area contributed by atoms with E-state index in [0.29, 0.717) is 18.1 Å². The molecule has 0 aliphatic carbocycles. The monoisotopic (exact) mass is 312 g/mol. The lowest BCUT2D eigenvalue weighted by Crippen LogP contribution is -2.56. The summed E-state index contributed by atoms with van der Waals surface area (Å²) in [6.45, 7) is 5.48. The minimum atomic E-state index is -1.26. The van der Waals surface area contributed by atoms with Gasteiger partial charge in [0.15, 0.2) is 0 Å². The number of rotatable bonds is 5. The third-order valence-electron chi connectivity index (χ3n) is 3.38. The SMILES string of the molecule is CCN(C(=O)N(C)Cc1cccc(Cl)c1)C(C)(C)C(=O)O. The summed E-state index contributed by atoms with van der Waals surface area (Å²) in [7, 11) is 1.64. The first-order chi connectivity index (χ1) is 9.70. The van der Waals surface area contributed by atoms with Crippen LogP contribution in [0.15, 0.2) is 24.3 Å². The second-order valence-electron chi connectivity index (χ2n) is 5.38. The third kappa shape index (κ3) is 4.11. The molecule has 0 aromatic heterocycles. The molecule has 0 saturated carbocycles. The molecule has 2 amide bonds. The Kier molecular flexibility index (Phi) is 5.61. The van der Waals surface area contributed by atoms with Crippen LogP contribution < -0.4 is 0 Å². The fourth-order valence-electron chi connectivity index (χ4n) is 2.07. The average molecular weight is 313 g/mol. The van der Waals surface area contributed by atoms with E-state index in [1.807, 2.05) is 12.1 Å². The molecule has 1 aromatic carbocycles. The highest BCUT2D eigenvalue weighted by Gasteiger charge is 2.38. The number of benzene rings is 1. The zero-order chi connectivity index (χ0) is 16.2. The van der Waals surface area contributed by atoms with Crippen molar-refractivity contribution >= 4 is 23.6 Å². The molecular weight excluding hydrogens is 292 g/mol. The van der Waals surface area contributed by atoms with Gasteiger partial charge in [0, 0.05) is 25.2 Å². The van der Waals surface area contributed by atoms with Crippen LogP contribution in [0.1, 0.15) is 26.3 Å². The lowest BCUT2D eigenvalue weighted by molar-refractivity contribution is -0.147. The molecular formula is C15H21ClN2O3. The molecule has 1 rings (SSSR count). The Morgan fingerprint density at radius 1 is 1.33 bits per heavy atom. The van der Waals surface area contributed by atoms with E-state index in [9.17, 15) is 14.7 Å². The molecule has 0 bridgehead atoms. The summed E-state index contributed by atoms with van der Waals surface area (Å²) in [6, 6.07) is 6.90. The molecule has 0 heterocycles. The van der Waals surface area contributed by atoms with Crippen LogP contribution in [0, 0.1) is 0 Å². The van der Waals surface area contributed by atoms with Crippen LogP contribution in [0.4, 0.5) is 4.79 Å². The molecule has 0 unspecified atom stereocenters. The molecule has 0 fully saturated rings. The first-order valence-corrected chi connectivity index (χ1v) is 7.08. The number of nitrogens with zero attached hydrogens (tertiary/aromatic N) is 2. The number of hydrogen-bond donors (Lipinski definition) is 1. The Hall–Kier alpha value is -1.75. The summed E-state index contributed by atoms with van der Waals surface area (Å²) in [5, 5.41) is 9.87. The zero-order valence-corrected chi connectivity index (χ0v) is 13.5. The third-order valence-corrected chi connectivity index (χ3v) is 3.62. The molecule has 6 heteroatoms. The van der Waals surface area contributed by atoms with Crippen LogP contribution in [0.5, 0.6) is 0 Å². The van der Waals surface area contributed by atoms with Crippen molar-refractivity contribution in [2.75, 3.05) is 13.6 Å². The van der Waals surface area contributed by atoms with Gasteiger partial charge in [-0.05, 0) is 38.5 Å². The van der Waals surface area contributed by atoms with Crippen molar-refractivity contribution in [2.45, 2.75) is 32.9 Å². The van der Waals surface area contributed by atoms with Crippen molar-refractivity contribution in [1.82, 2.24) is 9.80 Å². The van der Waals surface area contributed by atoms with E-state index in [0.717, 1.165) is 5.56 Å². The van der Waals surface area contributed by atoms with E-state index in [1.165, 1.54) is 23.6 Å². The highest BCUT2D eigenvalue weighted by Crippen LogP contribution is 2.18. The molecule has 1 aromatic rings. The van der Waals surface area contributed by atoms with E-state index < -0.39 is 11.5 Å². The molecule has 1 N–H and O–H groups in total. The Morgan fingerprint density at radius 3 is 2.43 bits per heavy atom. The maximum Gasteiger partial charge on any atom is 0.329 e. The van der Waals surface area contributed by atoms with Crippen LogP contribution in [0.3, 0.4) is 0 Å². The fraction of sp³-hybridized carbons (Fsp3) is 0.467. The van der Waals surface area contributed by atoms with Crippen LogP contribution in [-0.2, 0) is 11.3 Å². The molecule has 21 heavy (non-hydrogen) atoms. The molecule has 0 spiro atoms. The van der Waals surface area contributed by atoms with Crippen LogP contribution in [0.2, 0.25) is 5.02 Å². The molecule has 5 nitrogen and oxygen atoms in total. The highest BCUT2D eigenvalue weighted by atomic mass is 35.5. The van der Waals surface area contributed by atoms with Crippen molar-refractivity contribution < 1.29 is 14.7 Å². The molecule has 0 saturated heterocycles. The van der Waals surface area contributed by atoms with Gasteiger partial charge in [0.05, 0.1) is 0 Å². The predicted octanol–water partition coefficient (Wildman–Crippen LogP) is 3.08. The van der Waals surface area contributed by atoms with Gasteiger partial charge in [-0.25, -0.2) is 9.59 Å². The largest absolute Gasteiger partial charge is 0.480 e. The molecule has 116 valence electrons. The number of carbonyl (C=O) groups is 2. The quantitative estimate of drug-likeness (QED) is 0.909. The van der Waals surface area contributed by atoms with Crippen molar-refractivity contribution in [3.8, 4) is 0 Å². The van der Waals surface area contributed by atoms with Crippen molar-refractivity contribution in [3.05, 3.63) is 34.9 Å². The van der Waals surface area contributed by atoms with Gasteiger partial charge < -0.3 is 14.9 Å². The van der Waals surface area contributed by atoms with Gasteiger partial charge in [-0.2, -0.15) is 0 Å². The Balaban J connectivity index is 2.88. The smallest absolute Gasteiger partial charge is 0.329 e. The fourth-order valence-corrected chi connectivity index (χ4v) is 2.28. The van der Waals surface area contributed by atoms with E-state index in [-0.39, 0.29) is 6.03 Å².